The maximum atomic E-state index is 2.54. The summed E-state index contributed by atoms with van der Waals surface area (Å²) in [6, 6.07) is 64.1. The van der Waals surface area contributed by atoms with Gasteiger partial charge in [0.2, 0.25) is 0 Å². The van der Waals surface area contributed by atoms with Crippen LogP contribution in [-0.2, 0) is 10.8 Å². The number of benzene rings is 8. The van der Waals surface area contributed by atoms with Crippen molar-refractivity contribution >= 4 is 22.1 Å². The normalized spacial score (nSPS) is 16.4. The molecular weight excluding hydrogens is 711 g/mol. The molecular formula is C58H47N. The predicted molar refractivity (Wildman–Crippen MR) is 251 cm³/mol. The van der Waals surface area contributed by atoms with E-state index in [0.717, 1.165) is 6.42 Å². The summed E-state index contributed by atoms with van der Waals surface area (Å²) in [4.78, 5) is 2.54. The first-order valence-electron chi connectivity index (χ1n) is 21.1. The van der Waals surface area contributed by atoms with Gasteiger partial charge in [-0.2, -0.15) is 0 Å². The summed E-state index contributed by atoms with van der Waals surface area (Å²) in [6.07, 6.45) is 9.96. The van der Waals surface area contributed by atoms with Crippen molar-refractivity contribution in [3.63, 3.8) is 0 Å². The van der Waals surface area contributed by atoms with Gasteiger partial charge >= 0.3 is 0 Å². The first-order chi connectivity index (χ1) is 28.7. The number of rotatable bonds is 6. The summed E-state index contributed by atoms with van der Waals surface area (Å²) < 4.78 is 0. The molecule has 0 saturated heterocycles. The van der Waals surface area contributed by atoms with Gasteiger partial charge in [-0.15, -0.1) is 0 Å². The molecule has 0 aromatic heterocycles. The minimum Gasteiger partial charge on any atom is -0.334 e. The van der Waals surface area contributed by atoms with Gasteiger partial charge in [-0.05, 0) is 138 Å². The van der Waals surface area contributed by atoms with Gasteiger partial charge in [0.1, 0.15) is 0 Å². The molecule has 1 unspecified atom stereocenters. The van der Waals surface area contributed by atoms with Crippen molar-refractivity contribution in [1.29, 1.82) is 0 Å². The lowest BCUT2D eigenvalue weighted by Gasteiger charge is -2.34. The van der Waals surface area contributed by atoms with Crippen LogP contribution in [0.1, 0.15) is 56.4 Å². The molecule has 0 radical (unpaired) electrons. The third-order valence-electron chi connectivity index (χ3n) is 13.6. The molecule has 1 atom stereocenters. The fourth-order valence-corrected chi connectivity index (χ4v) is 10.3. The van der Waals surface area contributed by atoms with Gasteiger partial charge < -0.3 is 4.90 Å². The molecule has 8 aromatic carbocycles. The lowest BCUT2D eigenvalue weighted by molar-refractivity contribution is 0.659. The third kappa shape index (κ3) is 5.75. The molecule has 0 fully saturated rings. The summed E-state index contributed by atoms with van der Waals surface area (Å²) >= 11 is 0. The molecule has 59 heavy (non-hydrogen) atoms. The summed E-state index contributed by atoms with van der Waals surface area (Å²) in [5, 5.41) is 2.54. The highest BCUT2D eigenvalue weighted by atomic mass is 15.2. The number of allylic oxidation sites excluding steroid dienone is 2. The molecule has 1 heteroatoms. The van der Waals surface area contributed by atoms with E-state index >= 15 is 0 Å². The van der Waals surface area contributed by atoms with Gasteiger partial charge in [-0.1, -0.05) is 179 Å². The fraction of sp³-hybridized carbons (Fsp3) is 0.138. The second-order valence-electron chi connectivity index (χ2n) is 17.7. The molecule has 0 spiro atoms. The van der Waals surface area contributed by atoms with Crippen molar-refractivity contribution in [3.8, 4) is 55.6 Å². The zero-order valence-electron chi connectivity index (χ0n) is 34.2. The Morgan fingerprint density at radius 2 is 0.864 bits per heavy atom. The second kappa shape index (κ2) is 13.4. The Bertz CT molecular complexity index is 3010. The van der Waals surface area contributed by atoms with E-state index < -0.39 is 0 Å². The monoisotopic (exact) mass is 757 g/mol. The van der Waals surface area contributed by atoms with Gasteiger partial charge in [0.05, 0.1) is 6.04 Å². The first-order valence-corrected chi connectivity index (χ1v) is 21.1. The molecule has 8 aromatic rings. The van der Waals surface area contributed by atoms with Crippen LogP contribution in [0.4, 0.5) is 11.4 Å². The van der Waals surface area contributed by atoms with Crippen molar-refractivity contribution < 1.29 is 0 Å². The lowest BCUT2D eigenvalue weighted by Crippen LogP contribution is -2.30. The van der Waals surface area contributed by atoms with E-state index in [-0.39, 0.29) is 16.9 Å². The van der Waals surface area contributed by atoms with Crippen LogP contribution in [0.15, 0.2) is 194 Å². The maximum absolute atomic E-state index is 2.54. The average molecular weight is 758 g/mol. The number of anilines is 2. The molecule has 0 amide bonds. The Labute approximate surface area is 348 Å². The highest BCUT2D eigenvalue weighted by Gasteiger charge is 2.37. The zero-order valence-corrected chi connectivity index (χ0v) is 34.2. The first kappa shape index (κ1) is 35.5. The van der Waals surface area contributed by atoms with Crippen LogP contribution in [0.25, 0.3) is 66.4 Å². The topological polar surface area (TPSA) is 3.24 Å². The van der Waals surface area contributed by atoms with Crippen molar-refractivity contribution in [3.05, 3.63) is 216 Å². The van der Waals surface area contributed by atoms with Crippen molar-refractivity contribution in [1.82, 2.24) is 0 Å². The Hall–Kier alpha value is -6.70. The van der Waals surface area contributed by atoms with Gasteiger partial charge in [0, 0.05) is 22.2 Å². The van der Waals surface area contributed by atoms with Crippen LogP contribution in [0, 0.1) is 0 Å². The van der Waals surface area contributed by atoms with Crippen LogP contribution in [0.3, 0.4) is 0 Å². The molecule has 0 aliphatic heterocycles. The maximum Gasteiger partial charge on any atom is 0.0559 e. The van der Waals surface area contributed by atoms with E-state index in [1.807, 2.05) is 0 Å². The molecule has 3 aliphatic rings. The smallest absolute Gasteiger partial charge is 0.0559 e. The van der Waals surface area contributed by atoms with E-state index in [4.69, 9.17) is 0 Å². The molecule has 1 nitrogen and oxygen atoms in total. The Morgan fingerprint density at radius 3 is 1.51 bits per heavy atom. The van der Waals surface area contributed by atoms with E-state index in [9.17, 15) is 0 Å². The third-order valence-corrected chi connectivity index (χ3v) is 13.6. The van der Waals surface area contributed by atoms with E-state index in [0.29, 0.717) is 0 Å². The van der Waals surface area contributed by atoms with Gasteiger partial charge in [0.25, 0.3) is 0 Å². The quantitative estimate of drug-likeness (QED) is 0.163. The Kier molecular flexibility index (Phi) is 8.07. The molecule has 0 saturated carbocycles. The summed E-state index contributed by atoms with van der Waals surface area (Å²) in [5.74, 6) is 0. The fourth-order valence-electron chi connectivity index (χ4n) is 10.3. The molecule has 0 bridgehead atoms. The molecule has 284 valence electrons. The van der Waals surface area contributed by atoms with Gasteiger partial charge in [-0.3, -0.25) is 0 Å². The predicted octanol–water partition coefficient (Wildman–Crippen LogP) is 15.5. The number of hydrogen-bond acceptors (Lipinski definition) is 1. The lowest BCUT2D eigenvalue weighted by atomic mass is 9.81. The Morgan fingerprint density at radius 1 is 0.390 bits per heavy atom. The highest BCUT2D eigenvalue weighted by molar-refractivity contribution is 5.89. The van der Waals surface area contributed by atoms with Gasteiger partial charge in [0.15, 0.2) is 0 Å². The van der Waals surface area contributed by atoms with Crippen LogP contribution < -0.4 is 4.90 Å². The van der Waals surface area contributed by atoms with E-state index in [1.54, 1.807) is 0 Å². The summed E-state index contributed by atoms with van der Waals surface area (Å²) in [6.45, 7) is 9.51. The zero-order chi connectivity index (χ0) is 39.9. The minimum atomic E-state index is -0.152. The second-order valence-corrected chi connectivity index (χ2v) is 17.7. The number of nitrogens with zero attached hydrogens (tertiary/aromatic N) is 1. The van der Waals surface area contributed by atoms with Crippen molar-refractivity contribution in [2.45, 2.75) is 51.0 Å². The largest absolute Gasteiger partial charge is 0.334 e. The average Bonchev–Trinajstić information content (AvgIpc) is 3.65. The van der Waals surface area contributed by atoms with Gasteiger partial charge in [-0.25, -0.2) is 0 Å². The van der Waals surface area contributed by atoms with Crippen LogP contribution in [-0.4, -0.2) is 6.04 Å². The Balaban J connectivity index is 0.900. The highest BCUT2D eigenvalue weighted by Crippen LogP contribution is 2.52. The standard InChI is InChI=1S/C58H47N/c1-57(2)53-17-11-10-16-49(53)50-31-26-45(35-54(50)57)41-24-28-47(29-25-41)59(46-14-6-5-7-15-46)48-30-33-52-51-32-27-44(36-55(51)58(3,4)56(52)37-48)40-20-18-39(19-21-40)43-23-22-38-12-8-9-13-42(38)34-43/h5-14,16-37,46H,15H2,1-4H3. The van der Waals surface area contributed by atoms with Crippen LogP contribution >= 0.6 is 0 Å². The number of fused-ring (bicyclic) bond motifs is 7. The minimum absolute atomic E-state index is 0.0212. The molecule has 3 aliphatic carbocycles. The molecule has 0 N–H and O–H groups in total. The number of hydrogen-bond donors (Lipinski definition) is 0. The van der Waals surface area contributed by atoms with E-state index in [1.165, 1.54) is 100 Å². The van der Waals surface area contributed by atoms with Crippen LogP contribution in [0.5, 0.6) is 0 Å². The molecule has 0 heterocycles. The molecule has 11 rings (SSSR count). The SMILES string of the molecule is CC1(C)c2ccccc2-c2ccc(-c3ccc(N(c4ccc5c(c4)C(C)(C)c4cc(-c6ccc(-c7ccc8ccccc8c7)cc6)ccc4-5)C4C=CC=CC4)cc3)cc21. The van der Waals surface area contributed by atoms with Crippen molar-refractivity contribution in [2.24, 2.45) is 0 Å². The van der Waals surface area contributed by atoms with Crippen molar-refractivity contribution in [2.75, 3.05) is 4.90 Å². The van der Waals surface area contributed by atoms with E-state index in [2.05, 4.69) is 227 Å². The summed E-state index contributed by atoms with van der Waals surface area (Å²) in [5.41, 5.74) is 20.7. The summed E-state index contributed by atoms with van der Waals surface area (Å²) in [7, 11) is 0. The van der Waals surface area contributed by atoms with Crippen LogP contribution in [0.2, 0.25) is 0 Å².